The summed E-state index contributed by atoms with van der Waals surface area (Å²) in [5.41, 5.74) is 1.41. The third kappa shape index (κ3) is 1.69. The zero-order chi connectivity index (χ0) is 9.42. The summed E-state index contributed by atoms with van der Waals surface area (Å²) in [5, 5.41) is 2.33. The average Bonchev–Trinajstić information content (AvgIpc) is 2.42. The van der Waals surface area contributed by atoms with E-state index >= 15 is 0 Å². The molecule has 0 unspecified atom stereocenters. The van der Waals surface area contributed by atoms with Gasteiger partial charge in [0, 0.05) is 19.4 Å². The molecule has 0 spiro atoms. The Morgan fingerprint density at radius 1 is 1.38 bits per heavy atom. The third-order valence-corrected chi connectivity index (χ3v) is 4.80. The van der Waals surface area contributed by atoms with Crippen molar-refractivity contribution in [3.63, 3.8) is 0 Å². The monoisotopic (exact) mass is 318 g/mol. The van der Waals surface area contributed by atoms with E-state index in [9.17, 15) is 0 Å². The Bertz CT molecular complexity index is 445. The van der Waals surface area contributed by atoms with Crippen molar-refractivity contribution in [3.05, 3.63) is 33.1 Å². The Balaban J connectivity index is 2.76. The molecule has 0 atom stereocenters. The molecule has 0 N–H and O–H groups in total. The fourth-order valence-electron chi connectivity index (χ4n) is 1.38. The Hall–Kier alpha value is 0.140. The number of alkyl halides is 1. The largest absolute Gasteiger partial charge is 0.139 e. The molecule has 0 nitrogen and oxygen atoms in total. The third-order valence-electron chi connectivity index (χ3n) is 2.12. The topological polar surface area (TPSA) is 0 Å². The maximum Gasteiger partial charge on any atom is 0.0380 e. The van der Waals surface area contributed by atoms with Gasteiger partial charge in [0.25, 0.3) is 0 Å². The summed E-state index contributed by atoms with van der Waals surface area (Å²) in [6, 6.07) is 6.45. The molecule has 0 bridgehead atoms. The normalized spacial score (nSPS) is 11.0. The molecule has 13 heavy (non-hydrogen) atoms. The summed E-state index contributed by atoms with van der Waals surface area (Å²) in [6.45, 7) is 2.18. The van der Waals surface area contributed by atoms with E-state index in [2.05, 4.69) is 57.0 Å². The smallest absolute Gasteiger partial charge is 0.0380 e. The molecule has 2 rings (SSSR count). The first-order valence-electron chi connectivity index (χ1n) is 3.96. The van der Waals surface area contributed by atoms with Crippen molar-refractivity contribution in [2.75, 3.05) is 0 Å². The van der Waals surface area contributed by atoms with E-state index in [4.69, 9.17) is 0 Å². The van der Waals surface area contributed by atoms with E-state index in [0.29, 0.717) is 0 Å². The van der Waals surface area contributed by atoms with Crippen LogP contribution in [0.15, 0.2) is 22.7 Å². The molecule has 0 radical (unpaired) electrons. The molecule has 0 saturated carbocycles. The van der Waals surface area contributed by atoms with E-state index in [0.717, 1.165) is 9.80 Å². The molecule has 1 heterocycles. The van der Waals surface area contributed by atoms with E-state index in [-0.39, 0.29) is 0 Å². The second-order valence-corrected chi connectivity index (χ2v) is 5.54. The summed E-state index contributed by atoms with van der Waals surface area (Å²) in [7, 11) is 0. The fourth-order valence-corrected chi connectivity index (χ4v) is 3.75. The first kappa shape index (κ1) is 9.69. The van der Waals surface area contributed by atoms with E-state index < -0.39 is 0 Å². The number of benzene rings is 1. The first-order valence-corrected chi connectivity index (χ1v) is 6.69. The number of hydrogen-bond acceptors (Lipinski definition) is 1. The van der Waals surface area contributed by atoms with Crippen molar-refractivity contribution in [1.29, 1.82) is 0 Å². The van der Waals surface area contributed by atoms with Crippen LogP contribution in [-0.2, 0) is 5.33 Å². The number of hydrogen-bond donors (Lipinski definition) is 0. The van der Waals surface area contributed by atoms with E-state index in [1.54, 1.807) is 0 Å². The summed E-state index contributed by atoms with van der Waals surface area (Å²) < 4.78 is 2.52. The van der Waals surface area contributed by atoms with Crippen molar-refractivity contribution in [3.8, 4) is 0 Å². The van der Waals surface area contributed by atoms with Gasteiger partial charge in [-0.05, 0) is 30.0 Å². The molecule has 68 valence electrons. The van der Waals surface area contributed by atoms with Crippen molar-refractivity contribution in [2.45, 2.75) is 12.3 Å². The Kier molecular flexibility index (Phi) is 2.77. The lowest BCUT2D eigenvalue weighted by atomic mass is 10.2. The SMILES string of the molecule is Cc1c(CBr)sc2cc(Br)ccc12. The van der Waals surface area contributed by atoms with Crippen LogP contribution in [0.2, 0.25) is 0 Å². The quantitative estimate of drug-likeness (QED) is 0.658. The van der Waals surface area contributed by atoms with Gasteiger partial charge in [-0.2, -0.15) is 0 Å². The van der Waals surface area contributed by atoms with Crippen LogP contribution in [0.1, 0.15) is 10.4 Å². The highest BCUT2D eigenvalue weighted by Crippen LogP contribution is 2.33. The molecule has 0 fully saturated rings. The standard InChI is InChI=1S/C10H8Br2S/c1-6-8-3-2-7(12)4-9(8)13-10(6)5-11/h2-4H,5H2,1H3. The molecule has 0 aliphatic rings. The van der Waals surface area contributed by atoms with Gasteiger partial charge in [-0.1, -0.05) is 37.9 Å². The molecule has 0 aliphatic carbocycles. The van der Waals surface area contributed by atoms with Crippen LogP contribution in [0, 0.1) is 6.92 Å². The Morgan fingerprint density at radius 2 is 2.15 bits per heavy atom. The number of rotatable bonds is 1. The Labute approximate surface area is 98.2 Å². The lowest BCUT2D eigenvalue weighted by Gasteiger charge is -1.92. The van der Waals surface area contributed by atoms with Gasteiger partial charge in [-0.3, -0.25) is 0 Å². The first-order chi connectivity index (χ1) is 6.22. The van der Waals surface area contributed by atoms with Gasteiger partial charge in [0.05, 0.1) is 0 Å². The zero-order valence-electron chi connectivity index (χ0n) is 7.10. The number of fused-ring (bicyclic) bond motifs is 1. The summed E-state index contributed by atoms with van der Waals surface area (Å²) in [4.78, 5) is 1.42. The van der Waals surface area contributed by atoms with Crippen LogP contribution in [0.5, 0.6) is 0 Å². The van der Waals surface area contributed by atoms with Crippen LogP contribution in [0.3, 0.4) is 0 Å². The second kappa shape index (κ2) is 3.71. The van der Waals surface area contributed by atoms with Crippen molar-refractivity contribution >= 4 is 53.3 Å². The minimum atomic E-state index is 0.954. The summed E-state index contributed by atoms with van der Waals surface area (Å²) in [5.74, 6) is 0. The summed E-state index contributed by atoms with van der Waals surface area (Å²) >= 11 is 8.85. The van der Waals surface area contributed by atoms with Gasteiger partial charge in [0.2, 0.25) is 0 Å². The zero-order valence-corrected chi connectivity index (χ0v) is 11.1. The molecule has 1 aromatic carbocycles. The predicted molar refractivity (Wildman–Crippen MR) is 66.9 cm³/mol. The van der Waals surface area contributed by atoms with Gasteiger partial charge in [-0.15, -0.1) is 11.3 Å². The van der Waals surface area contributed by atoms with Gasteiger partial charge in [0.15, 0.2) is 0 Å². The van der Waals surface area contributed by atoms with Crippen LogP contribution in [0.25, 0.3) is 10.1 Å². The summed E-state index contributed by atoms with van der Waals surface area (Å²) in [6.07, 6.45) is 0. The van der Waals surface area contributed by atoms with Crippen molar-refractivity contribution in [2.24, 2.45) is 0 Å². The van der Waals surface area contributed by atoms with Crippen LogP contribution in [-0.4, -0.2) is 0 Å². The minimum Gasteiger partial charge on any atom is -0.139 e. The molecular weight excluding hydrogens is 312 g/mol. The highest BCUT2D eigenvalue weighted by atomic mass is 79.9. The van der Waals surface area contributed by atoms with Crippen LogP contribution in [0.4, 0.5) is 0 Å². The van der Waals surface area contributed by atoms with Gasteiger partial charge in [0.1, 0.15) is 0 Å². The molecule has 0 saturated heterocycles. The van der Waals surface area contributed by atoms with Gasteiger partial charge >= 0.3 is 0 Å². The molecule has 2 aromatic rings. The molecular formula is C10H8Br2S. The molecule has 3 heteroatoms. The van der Waals surface area contributed by atoms with Crippen molar-refractivity contribution < 1.29 is 0 Å². The second-order valence-electron chi connectivity index (χ2n) is 2.92. The lowest BCUT2D eigenvalue weighted by molar-refractivity contribution is 1.44. The Morgan fingerprint density at radius 3 is 2.85 bits per heavy atom. The van der Waals surface area contributed by atoms with E-state index in [1.165, 1.54) is 20.5 Å². The number of thiophene rings is 1. The number of halogens is 2. The molecule has 0 aliphatic heterocycles. The van der Waals surface area contributed by atoms with Crippen LogP contribution < -0.4 is 0 Å². The van der Waals surface area contributed by atoms with E-state index in [1.807, 2.05) is 11.3 Å². The maximum atomic E-state index is 3.50. The van der Waals surface area contributed by atoms with Gasteiger partial charge in [-0.25, -0.2) is 0 Å². The predicted octanol–water partition coefficient (Wildman–Crippen LogP) is 4.87. The number of aryl methyl sites for hydroxylation is 1. The fraction of sp³-hybridized carbons (Fsp3) is 0.200. The highest BCUT2D eigenvalue weighted by molar-refractivity contribution is 9.10. The minimum absolute atomic E-state index is 0.954. The molecule has 1 aromatic heterocycles. The maximum absolute atomic E-state index is 3.50. The average molecular weight is 320 g/mol. The van der Waals surface area contributed by atoms with Gasteiger partial charge < -0.3 is 0 Å². The lowest BCUT2D eigenvalue weighted by Crippen LogP contribution is -1.73. The highest BCUT2D eigenvalue weighted by Gasteiger charge is 2.06. The molecule has 0 amide bonds. The van der Waals surface area contributed by atoms with Crippen LogP contribution >= 0.6 is 43.2 Å². The van der Waals surface area contributed by atoms with Crippen molar-refractivity contribution in [1.82, 2.24) is 0 Å².